The Bertz CT molecular complexity index is 585. The molecule has 0 amide bonds. The third-order valence-corrected chi connectivity index (χ3v) is 2.60. The molecule has 2 aromatic rings. The van der Waals surface area contributed by atoms with Gasteiger partial charge in [-0.05, 0) is 12.8 Å². The number of pyridine rings is 1. The van der Waals surface area contributed by atoms with E-state index in [9.17, 15) is 4.79 Å². The molecule has 1 aliphatic rings. The van der Waals surface area contributed by atoms with Gasteiger partial charge in [-0.3, -0.25) is 4.79 Å². The van der Waals surface area contributed by atoms with Crippen molar-refractivity contribution in [2.75, 3.05) is 5.73 Å². The van der Waals surface area contributed by atoms with Crippen LogP contribution in [0.5, 0.6) is 0 Å². The lowest BCUT2D eigenvalue weighted by Gasteiger charge is -2.02. The number of nitrogens with two attached hydrogens (primary N) is 1. The second-order valence-electron chi connectivity index (χ2n) is 3.81. The van der Waals surface area contributed by atoms with Crippen LogP contribution in [0.2, 0.25) is 0 Å². The zero-order valence-corrected chi connectivity index (χ0v) is 8.03. The number of hydrogen-bond donors (Lipinski definition) is 2. The number of nitrogen functional groups attached to an aromatic ring is 1. The predicted octanol–water partition coefficient (Wildman–Crippen LogP) is 0.778. The number of anilines is 1. The maximum absolute atomic E-state index is 11.5. The largest absolute Gasteiger partial charge is 0.383 e. The lowest BCUT2D eigenvalue weighted by atomic mass is 10.3. The fraction of sp³-hybridized carbons (Fsp3) is 0.300. The van der Waals surface area contributed by atoms with Gasteiger partial charge in [-0.25, -0.2) is 9.97 Å². The van der Waals surface area contributed by atoms with Gasteiger partial charge in [0.1, 0.15) is 22.7 Å². The lowest BCUT2D eigenvalue weighted by Crippen LogP contribution is -2.09. The molecule has 0 radical (unpaired) electrons. The summed E-state index contributed by atoms with van der Waals surface area (Å²) < 4.78 is 0. The minimum absolute atomic E-state index is 0.136. The van der Waals surface area contributed by atoms with Crippen LogP contribution < -0.4 is 11.2 Å². The molecule has 2 aromatic heterocycles. The van der Waals surface area contributed by atoms with Crippen molar-refractivity contribution in [3.8, 4) is 0 Å². The molecule has 0 spiro atoms. The summed E-state index contributed by atoms with van der Waals surface area (Å²) >= 11 is 0. The fourth-order valence-corrected chi connectivity index (χ4v) is 1.65. The molecule has 0 bridgehead atoms. The van der Waals surface area contributed by atoms with E-state index in [0.29, 0.717) is 17.0 Å². The molecular weight excluding hydrogens is 192 g/mol. The first kappa shape index (κ1) is 8.40. The molecule has 0 atom stereocenters. The van der Waals surface area contributed by atoms with Crippen LogP contribution in [0.1, 0.15) is 24.6 Å². The lowest BCUT2D eigenvalue weighted by molar-refractivity contribution is 0.944. The molecule has 0 saturated heterocycles. The molecule has 2 heterocycles. The predicted molar refractivity (Wildman–Crippen MR) is 56.5 cm³/mol. The van der Waals surface area contributed by atoms with Gasteiger partial charge in [-0.1, -0.05) is 0 Å². The zero-order chi connectivity index (χ0) is 10.4. The van der Waals surface area contributed by atoms with Crippen LogP contribution >= 0.6 is 0 Å². The Morgan fingerprint density at radius 1 is 1.40 bits per heavy atom. The zero-order valence-electron chi connectivity index (χ0n) is 8.03. The molecule has 1 saturated carbocycles. The first-order chi connectivity index (χ1) is 7.25. The molecule has 0 aliphatic heterocycles. The summed E-state index contributed by atoms with van der Waals surface area (Å²) in [6, 6.07) is 1.43. The first-order valence-electron chi connectivity index (χ1n) is 4.90. The number of aromatic amines is 1. The normalized spacial score (nSPS) is 15.7. The van der Waals surface area contributed by atoms with Gasteiger partial charge >= 0.3 is 0 Å². The van der Waals surface area contributed by atoms with Crippen molar-refractivity contribution in [3.63, 3.8) is 0 Å². The Kier molecular flexibility index (Phi) is 1.56. The van der Waals surface area contributed by atoms with Crippen LogP contribution in [-0.2, 0) is 0 Å². The van der Waals surface area contributed by atoms with Crippen LogP contribution in [0.25, 0.3) is 11.0 Å². The van der Waals surface area contributed by atoms with Crippen LogP contribution in [0, 0.1) is 0 Å². The van der Waals surface area contributed by atoms with Crippen molar-refractivity contribution in [2.45, 2.75) is 18.8 Å². The van der Waals surface area contributed by atoms with Crippen molar-refractivity contribution in [1.82, 2.24) is 15.0 Å². The van der Waals surface area contributed by atoms with Gasteiger partial charge in [-0.15, -0.1) is 0 Å². The minimum atomic E-state index is -0.136. The maximum atomic E-state index is 11.5. The van der Waals surface area contributed by atoms with Crippen LogP contribution in [0.4, 0.5) is 5.82 Å². The van der Waals surface area contributed by atoms with E-state index >= 15 is 0 Å². The number of nitrogens with one attached hydrogen (secondary N) is 1. The fourth-order valence-electron chi connectivity index (χ4n) is 1.65. The highest BCUT2D eigenvalue weighted by Crippen LogP contribution is 2.38. The molecule has 15 heavy (non-hydrogen) atoms. The van der Waals surface area contributed by atoms with Crippen molar-refractivity contribution < 1.29 is 0 Å². The molecule has 1 fully saturated rings. The summed E-state index contributed by atoms with van der Waals surface area (Å²) in [4.78, 5) is 22.9. The van der Waals surface area contributed by atoms with Crippen LogP contribution in [0.3, 0.4) is 0 Å². The van der Waals surface area contributed by atoms with Crippen LogP contribution in [-0.4, -0.2) is 15.0 Å². The van der Waals surface area contributed by atoms with Crippen molar-refractivity contribution in [1.29, 1.82) is 0 Å². The molecule has 3 N–H and O–H groups in total. The van der Waals surface area contributed by atoms with E-state index in [0.717, 1.165) is 18.7 Å². The van der Waals surface area contributed by atoms with Crippen LogP contribution in [0.15, 0.2) is 17.1 Å². The molecule has 0 unspecified atom stereocenters. The van der Waals surface area contributed by atoms with Gasteiger partial charge in [0.05, 0.1) is 0 Å². The smallest absolute Gasteiger partial charge is 0.194 e. The SMILES string of the molecule is Nc1nc(C2CC2)nc2[nH]ccc(=O)c12. The summed E-state index contributed by atoms with van der Waals surface area (Å²) in [7, 11) is 0. The third-order valence-electron chi connectivity index (χ3n) is 2.60. The summed E-state index contributed by atoms with van der Waals surface area (Å²) in [5.41, 5.74) is 6.16. The molecular formula is C10H10N4O. The third kappa shape index (κ3) is 1.27. The van der Waals surface area contributed by atoms with E-state index in [4.69, 9.17) is 5.73 Å². The van der Waals surface area contributed by atoms with E-state index in [-0.39, 0.29) is 11.2 Å². The van der Waals surface area contributed by atoms with Crippen molar-refractivity contribution in [3.05, 3.63) is 28.3 Å². The second-order valence-corrected chi connectivity index (χ2v) is 3.81. The Morgan fingerprint density at radius 2 is 2.20 bits per heavy atom. The van der Waals surface area contributed by atoms with E-state index in [1.807, 2.05) is 0 Å². The van der Waals surface area contributed by atoms with Gasteiger partial charge < -0.3 is 10.7 Å². The van der Waals surface area contributed by atoms with E-state index in [2.05, 4.69) is 15.0 Å². The van der Waals surface area contributed by atoms with E-state index in [1.165, 1.54) is 6.07 Å². The van der Waals surface area contributed by atoms with Gasteiger partial charge in [0, 0.05) is 18.2 Å². The number of H-pyrrole nitrogens is 1. The average molecular weight is 202 g/mol. The minimum Gasteiger partial charge on any atom is -0.383 e. The maximum Gasteiger partial charge on any atom is 0.194 e. The summed E-state index contributed by atoms with van der Waals surface area (Å²) in [6.45, 7) is 0. The Hall–Kier alpha value is -1.91. The number of fused-ring (bicyclic) bond motifs is 1. The monoisotopic (exact) mass is 202 g/mol. The average Bonchev–Trinajstić information content (AvgIpc) is 3.00. The Labute approximate surface area is 85.4 Å². The Morgan fingerprint density at radius 3 is 2.93 bits per heavy atom. The Balaban J connectivity index is 2.36. The van der Waals surface area contributed by atoms with Crippen molar-refractivity contribution >= 4 is 16.9 Å². The van der Waals surface area contributed by atoms with Gasteiger partial charge in [-0.2, -0.15) is 0 Å². The van der Waals surface area contributed by atoms with Gasteiger partial charge in [0.15, 0.2) is 5.43 Å². The number of hydrogen-bond acceptors (Lipinski definition) is 4. The molecule has 5 nitrogen and oxygen atoms in total. The molecule has 1 aliphatic carbocycles. The highest BCUT2D eigenvalue weighted by Gasteiger charge is 2.27. The first-order valence-corrected chi connectivity index (χ1v) is 4.90. The molecule has 0 aromatic carbocycles. The van der Waals surface area contributed by atoms with Crippen molar-refractivity contribution in [2.24, 2.45) is 0 Å². The quantitative estimate of drug-likeness (QED) is 0.715. The molecule has 3 rings (SSSR count). The standard InChI is InChI=1S/C10H10N4O/c11-8-7-6(15)3-4-12-10(7)14-9(13-8)5-1-2-5/h3-5H,1-2H2,(H3,11,12,13,14,15). The van der Waals surface area contributed by atoms with E-state index < -0.39 is 0 Å². The number of nitrogens with zero attached hydrogens (tertiary/aromatic N) is 2. The summed E-state index contributed by atoms with van der Waals surface area (Å²) in [6.07, 6.45) is 3.80. The van der Waals surface area contributed by atoms with Gasteiger partial charge in [0.2, 0.25) is 0 Å². The number of aromatic nitrogens is 3. The second kappa shape index (κ2) is 2.79. The molecule has 76 valence electrons. The summed E-state index contributed by atoms with van der Waals surface area (Å²) in [5.74, 6) is 1.46. The topological polar surface area (TPSA) is 84.7 Å². The number of rotatable bonds is 1. The summed E-state index contributed by atoms with van der Waals surface area (Å²) in [5, 5.41) is 0.391. The molecule has 5 heteroatoms. The van der Waals surface area contributed by atoms with E-state index in [1.54, 1.807) is 6.20 Å². The van der Waals surface area contributed by atoms with Gasteiger partial charge in [0.25, 0.3) is 0 Å². The highest BCUT2D eigenvalue weighted by molar-refractivity contribution is 5.84. The highest BCUT2D eigenvalue weighted by atomic mass is 16.1.